The lowest BCUT2D eigenvalue weighted by Gasteiger charge is -2.35. The summed E-state index contributed by atoms with van der Waals surface area (Å²) >= 11 is 1.61. The average molecular weight is 439 g/mol. The summed E-state index contributed by atoms with van der Waals surface area (Å²) in [5, 5.41) is 2.89. The van der Waals surface area contributed by atoms with E-state index in [9.17, 15) is 14.4 Å². The number of benzene rings is 2. The van der Waals surface area contributed by atoms with Crippen molar-refractivity contribution in [3.63, 3.8) is 0 Å². The van der Waals surface area contributed by atoms with Gasteiger partial charge in [-0.15, -0.1) is 11.8 Å². The number of nitrogens with one attached hydrogen (secondary N) is 1. The van der Waals surface area contributed by atoms with Crippen LogP contribution in [0.4, 0.5) is 0 Å². The van der Waals surface area contributed by atoms with Gasteiger partial charge in [-0.2, -0.15) is 0 Å². The van der Waals surface area contributed by atoms with Crippen LogP contribution < -0.4 is 14.8 Å². The van der Waals surface area contributed by atoms with Crippen LogP contribution in [0.3, 0.4) is 0 Å². The maximum absolute atomic E-state index is 12.7. The third kappa shape index (κ3) is 3.93. The van der Waals surface area contributed by atoms with Crippen molar-refractivity contribution in [3.8, 4) is 11.5 Å². The molecule has 8 nitrogen and oxygen atoms in total. The number of fused-ring (bicyclic) bond motifs is 2. The summed E-state index contributed by atoms with van der Waals surface area (Å²) in [6, 6.07) is 12.3. The number of rotatable bonds is 5. The highest BCUT2D eigenvalue weighted by Crippen LogP contribution is 2.32. The predicted octanol–water partition coefficient (Wildman–Crippen LogP) is 1.59. The van der Waals surface area contributed by atoms with Crippen LogP contribution in [-0.2, 0) is 22.7 Å². The number of nitrogens with zero attached hydrogens (tertiary/aromatic N) is 2. The van der Waals surface area contributed by atoms with Gasteiger partial charge in [0.15, 0.2) is 11.5 Å². The van der Waals surface area contributed by atoms with Gasteiger partial charge < -0.3 is 24.6 Å². The Morgan fingerprint density at radius 1 is 1.06 bits per heavy atom. The van der Waals surface area contributed by atoms with Gasteiger partial charge in [0.2, 0.25) is 18.6 Å². The number of piperazine rings is 1. The zero-order valence-electron chi connectivity index (χ0n) is 16.7. The Labute approximate surface area is 183 Å². The summed E-state index contributed by atoms with van der Waals surface area (Å²) in [6.07, 6.45) is 0. The topological polar surface area (TPSA) is 88.2 Å². The van der Waals surface area contributed by atoms with Gasteiger partial charge in [0.25, 0.3) is 5.91 Å². The summed E-state index contributed by atoms with van der Waals surface area (Å²) in [6.45, 7) is 1.05. The van der Waals surface area contributed by atoms with Crippen molar-refractivity contribution in [2.75, 3.05) is 25.0 Å². The number of carbonyl (C=O) groups is 3. The van der Waals surface area contributed by atoms with Crippen LogP contribution in [0.15, 0.2) is 42.5 Å². The normalized spacial score (nSPS) is 19.5. The highest BCUT2D eigenvalue weighted by atomic mass is 32.2. The lowest BCUT2D eigenvalue weighted by molar-refractivity contribution is -0.153. The first-order valence-corrected chi connectivity index (χ1v) is 11.2. The SMILES string of the molecule is O=C(NCc1ccc2c(c1)OCO2)c1ccc(CN2CC(=O)N3CSCC3C2=O)cc1. The fourth-order valence-electron chi connectivity index (χ4n) is 3.89. The Bertz CT molecular complexity index is 1040. The zero-order chi connectivity index (χ0) is 21.4. The molecule has 2 aromatic rings. The molecule has 1 N–H and O–H groups in total. The Balaban J connectivity index is 1.18. The minimum Gasteiger partial charge on any atom is -0.454 e. The van der Waals surface area contributed by atoms with Crippen molar-refractivity contribution >= 4 is 29.5 Å². The van der Waals surface area contributed by atoms with Gasteiger partial charge in [-0.05, 0) is 35.4 Å². The molecule has 1 atom stereocenters. The Hall–Kier alpha value is -3.20. The van der Waals surface area contributed by atoms with Gasteiger partial charge >= 0.3 is 0 Å². The molecule has 1 unspecified atom stereocenters. The fraction of sp³-hybridized carbons (Fsp3) is 0.318. The third-order valence-electron chi connectivity index (χ3n) is 5.61. The van der Waals surface area contributed by atoms with Crippen LogP contribution in [0.2, 0.25) is 0 Å². The van der Waals surface area contributed by atoms with Crippen molar-refractivity contribution < 1.29 is 23.9 Å². The molecule has 3 aliphatic rings. The van der Waals surface area contributed by atoms with E-state index in [0.717, 1.165) is 11.1 Å². The summed E-state index contributed by atoms with van der Waals surface area (Å²) in [4.78, 5) is 40.7. The van der Waals surface area contributed by atoms with Crippen LogP contribution in [0, 0.1) is 0 Å². The van der Waals surface area contributed by atoms with E-state index < -0.39 is 0 Å². The third-order valence-corrected chi connectivity index (χ3v) is 6.62. The van der Waals surface area contributed by atoms with E-state index in [2.05, 4.69) is 5.32 Å². The maximum atomic E-state index is 12.7. The first kappa shape index (κ1) is 19.7. The second kappa shape index (κ2) is 8.14. The van der Waals surface area contributed by atoms with Crippen LogP contribution in [0.25, 0.3) is 0 Å². The lowest BCUT2D eigenvalue weighted by atomic mass is 10.1. The second-order valence-electron chi connectivity index (χ2n) is 7.64. The van der Waals surface area contributed by atoms with Crippen molar-refractivity contribution in [1.29, 1.82) is 0 Å². The van der Waals surface area contributed by atoms with Crippen LogP contribution in [-0.4, -0.2) is 58.5 Å². The molecular formula is C22H21N3O5S. The fourth-order valence-corrected chi connectivity index (χ4v) is 5.06. The first-order chi connectivity index (χ1) is 15.1. The van der Waals surface area contributed by atoms with E-state index in [1.165, 1.54) is 0 Å². The molecule has 0 aliphatic carbocycles. The molecule has 3 amide bonds. The van der Waals surface area contributed by atoms with Crippen LogP contribution in [0.5, 0.6) is 11.5 Å². The number of thioether (sulfide) groups is 1. The minimum atomic E-state index is -0.340. The van der Waals surface area contributed by atoms with E-state index >= 15 is 0 Å². The molecule has 0 aromatic heterocycles. The maximum Gasteiger partial charge on any atom is 0.251 e. The monoisotopic (exact) mass is 439 g/mol. The molecule has 2 fully saturated rings. The van der Waals surface area contributed by atoms with Gasteiger partial charge in [0.05, 0.1) is 5.88 Å². The quantitative estimate of drug-likeness (QED) is 0.761. The van der Waals surface area contributed by atoms with E-state index in [1.807, 2.05) is 30.3 Å². The zero-order valence-corrected chi connectivity index (χ0v) is 17.5. The van der Waals surface area contributed by atoms with E-state index in [-0.39, 0.29) is 37.1 Å². The molecule has 0 radical (unpaired) electrons. The molecular weight excluding hydrogens is 418 g/mol. The van der Waals surface area contributed by atoms with Crippen molar-refractivity contribution in [1.82, 2.24) is 15.1 Å². The van der Waals surface area contributed by atoms with E-state index in [4.69, 9.17) is 9.47 Å². The standard InChI is InChI=1S/C22H21N3O5S/c26-20-10-24(22(28)17-11-31-12-25(17)20)9-14-1-4-16(5-2-14)21(27)23-8-15-3-6-18-19(7-15)30-13-29-18/h1-7,17H,8-13H2,(H,23,27). The number of carbonyl (C=O) groups excluding carboxylic acids is 3. The molecule has 2 aromatic carbocycles. The highest BCUT2D eigenvalue weighted by Gasteiger charge is 2.42. The average Bonchev–Trinajstić information content (AvgIpc) is 3.46. The molecule has 3 heterocycles. The molecule has 5 rings (SSSR count). The van der Waals surface area contributed by atoms with Crippen LogP contribution >= 0.6 is 11.8 Å². The molecule has 0 spiro atoms. The summed E-state index contributed by atoms with van der Waals surface area (Å²) in [7, 11) is 0. The van der Waals surface area contributed by atoms with E-state index in [1.54, 1.807) is 33.7 Å². The predicted molar refractivity (Wildman–Crippen MR) is 114 cm³/mol. The Kier molecular flexibility index (Phi) is 5.19. The number of amides is 3. The molecule has 31 heavy (non-hydrogen) atoms. The van der Waals surface area contributed by atoms with Gasteiger partial charge in [-0.25, -0.2) is 0 Å². The Morgan fingerprint density at radius 2 is 1.84 bits per heavy atom. The Morgan fingerprint density at radius 3 is 2.68 bits per heavy atom. The van der Waals surface area contributed by atoms with Gasteiger partial charge in [0.1, 0.15) is 12.6 Å². The van der Waals surface area contributed by atoms with Crippen molar-refractivity contribution in [2.45, 2.75) is 19.1 Å². The number of hydrogen-bond donors (Lipinski definition) is 1. The number of ether oxygens (including phenoxy) is 2. The van der Waals surface area contributed by atoms with E-state index in [0.29, 0.717) is 41.8 Å². The van der Waals surface area contributed by atoms with Crippen molar-refractivity contribution in [3.05, 3.63) is 59.2 Å². The molecule has 0 bridgehead atoms. The smallest absolute Gasteiger partial charge is 0.251 e. The minimum absolute atomic E-state index is 0.00449. The van der Waals surface area contributed by atoms with Crippen molar-refractivity contribution in [2.24, 2.45) is 0 Å². The molecule has 9 heteroatoms. The molecule has 2 saturated heterocycles. The summed E-state index contributed by atoms with van der Waals surface area (Å²) in [5.74, 6) is 2.44. The van der Waals surface area contributed by atoms with Gasteiger partial charge in [-0.3, -0.25) is 14.4 Å². The molecule has 3 aliphatic heterocycles. The largest absolute Gasteiger partial charge is 0.454 e. The number of hydrogen-bond acceptors (Lipinski definition) is 6. The summed E-state index contributed by atoms with van der Waals surface area (Å²) in [5.41, 5.74) is 2.33. The first-order valence-electron chi connectivity index (χ1n) is 10.00. The second-order valence-corrected chi connectivity index (χ2v) is 8.64. The highest BCUT2D eigenvalue weighted by molar-refractivity contribution is 7.99. The van der Waals surface area contributed by atoms with Gasteiger partial charge in [-0.1, -0.05) is 18.2 Å². The van der Waals surface area contributed by atoms with Gasteiger partial charge in [0, 0.05) is 24.4 Å². The molecule has 0 saturated carbocycles. The lowest BCUT2D eigenvalue weighted by Crippen LogP contribution is -2.57. The molecule has 160 valence electrons. The summed E-state index contributed by atoms with van der Waals surface area (Å²) < 4.78 is 10.6. The van der Waals surface area contributed by atoms with Crippen LogP contribution in [0.1, 0.15) is 21.5 Å².